The molecular weight excluding hydrogens is 1470 g/mol. The number of unbranched alkanes of at least 4 members (excludes halogenated alkanes) is 39. The van der Waals surface area contributed by atoms with Gasteiger partial charge in [0.1, 0.15) is 40.5 Å². The summed E-state index contributed by atoms with van der Waals surface area (Å²) in [5.41, 5.74) is 25.2. The lowest BCUT2D eigenvalue weighted by atomic mass is 9.95. The molecule has 6 rings (SSSR count). The average molecular weight is 1620 g/mol. The summed E-state index contributed by atoms with van der Waals surface area (Å²) in [5, 5.41) is 13.1. The maximum atomic E-state index is 15.1. The first-order valence-corrected chi connectivity index (χ1v) is 46.7. The molecular formula is C102H155N7O9. The van der Waals surface area contributed by atoms with Gasteiger partial charge in [-0.1, -0.05) is 342 Å². The van der Waals surface area contributed by atoms with E-state index in [9.17, 15) is 9.59 Å². The molecule has 0 radical (unpaired) electrons. The van der Waals surface area contributed by atoms with Gasteiger partial charge in [-0.25, -0.2) is 0 Å². The van der Waals surface area contributed by atoms with Gasteiger partial charge in [0.25, 0.3) is 5.91 Å². The molecule has 3 atom stereocenters. The van der Waals surface area contributed by atoms with E-state index in [0.29, 0.717) is 74.0 Å². The third-order valence-electron chi connectivity index (χ3n) is 23.0. The van der Waals surface area contributed by atoms with Crippen LogP contribution in [0, 0.1) is 13.8 Å². The van der Waals surface area contributed by atoms with Crippen LogP contribution in [0.25, 0.3) is 21.6 Å². The lowest BCUT2D eigenvalue weighted by Crippen LogP contribution is -2.52. The highest BCUT2D eigenvalue weighted by molar-refractivity contribution is 5.90. The minimum atomic E-state index is -0.958. The van der Waals surface area contributed by atoms with E-state index >= 15 is 4.79 Å². The van der Waals surface area contributed by atoms with Crippen LogP contribution in [0.3, 0.4) is 0 Å². The summed E-state index contributed by atoms with van der Waals surface area (Å²) in [6.07, 6.45) is 58.0. The summed E-state index contributed by atoms with van der Waals surface area (Å²) >= 11 is 0. The minimum absolute atomic E-state index is 0.228. The number of benzene rings is 6. The van der Waals surface area contributed by atoms with Crippen molar-refractivity contribution in [3.8, 4) is 45.6 Å². The molecule has 0 saturated carbocycles. The summed E-state index contributed by atoms with van der Waals surface area (Å²) in [6, 6.07) is 36.7. The number of methoxy groups -OCH3 is 2. The Kier molecular flexibility index (Phi) is 52.6. The van der Waals surface area contributed by atoms with Crippen LogP contribution in [-0.4, -0.2) is 77.0 Å². The summed E-state index contributed by atoms with van der Waals surface area (Å²) in [6.45, 7) is 13.1. The Morgan fingerprint density at radius 1 is 0.432 bits per heavy atom. The fourth-order valence-corrected chi connectivity index (χ4v) is 16.0. The molecule has 0 heterocycles. The van der Waals surface area contributed by atoms with E-state index in [1.54, 1.807) is 32.4 Å². The van der Waals surface area contributed by atoms with E-state index < -0.39 is 29.9 Å². The van der Waals surface area contributed by atoms with Gasteiger partial charge >= 0.3 is 0 Å². The highest BCUT2D eigenvalue weighted by Gasteiger charge is 2.29. The standard InChI is InChI=1S/C102H155N7O9/c1-8-11-13-15-17-19-21-23-25-27-29-31-33-35-37-39-41-43-45-48-69-116-92-63-60-88(97(78-92)117-71-49-46-44-42-40-38-36-34-32-30-28-26-24-22-20-18-16-14-12-9-2)79-105-99(110)80-118-89-61-58-87(59-62-89)100(94-67-64-90(113-6)77-98(94)114-7)108-102(112)96(53-51-52-84-73-81(4)72-82(5)74-84)107-101(111)95(103)75-83-54-56-86(57-55-83)93-66-65-91(76-85(93)10-3)115-70-50-47-68-106-109-104/h54-67,72-74,76-78,95-96,100H,8-53,68-71,75,79-80,103H2,1-7H3,(H,105,110)(H,107,111)(H,108,112)/t95-,96-,100?/m0/s1. The number of aryl methyl sites for hydroxylation is 4. The van der Waals surface area contributed by atoms with Gasteiger partial charge in [-0.15, -0.1) is 0 Å². The van der Waals surface area contributed by atoms with E-state index in [0.717, 1.165) is 107 Å². The van der Waals surface area contributed by atoms with Gasteiger partial charge in [0.2, 0.25) is 11.8 Å². The Morgan fingerprint density at radius 3 is 1.40 bits per heavy atom. The molecule has 118 heavy (non-hydrogen) atoms. The number of rotatable bonds is 71. The first kappa shape index (κ1) is 98.6. The van der Waals surface area contributed by atoms with Gasteiger partial charge < -0.3 is 50.1 Å². The summed E-state index contributed by atoms with van der Waals surface area (Å²) in [7, 11) is 3.17. The van der Waals surface area contributed by atoms with E-state index in [2.05, 4.69) is 90.9 Å². The molecule has 5 N–H and O–H groups in total. The number of ether oxygens (including phenoxy) is 6. The number of hydrogen-bond acceptors (Lipinski definition) is 11. The van der Waals surface area contributed by atoms with Gasteiger partial charge in [-0.3, -0.25) is 14.4 Å². The van der Waals surface area contributed by atoms with Gasteiger partial charge in [0.05, 0.1) is 46.1 Å². The van der Waals surface area contributed by atoms with Crippen LogP contribution < -0.4 is 50.1 Å². The van der Waals surface area contributed by atoms with E-state index in [4.69, 9.17) is 39.7 Å². The highest BCUT2D eigenvalue weighted by atomic mass is 16.5. The van der Waals surface area contributed by atoms with Crippen LogP contribution >= 0.6 is 0 Å². The maximum absolute atomic E-state index is 15.1. The molecule has 0 bridgehead atoms. The quantitative estimate of drug-likeness (QED) is 0.0123. The molecule has 16 nitrogen and oxygen atoms in total. The number of amides is 3. The van der Waals surface area contributed by atoms with Gasteiger partial charge in [0, 0.05) is 41.3 Å². The zero-order valence-corrected chi connectivity index (χ0v) is 74.3. The third kappa shape index (κ3) is 42.1. The molecule has 0 aliphatic carbocycles. The van der Waals surface area contributed by atoms with Crippen LogP contribution in [-0.2, 0) is 40.2 Å². The molecule has 3 amide bonds. The average Bonchev–Trinajstić information content (AvgIpc) is 0.809. The van der Waals surface area contributed by atoms with Crippen molar-refractivity contribution in [2.45, 2.75) is 361 Å². The largest absolute Gasteiger partial charge is 0.497 e. The third-order valence-corrected chi connectivity index (χ3v) is 23.0. The van der Waals surface area contributed by atoms with Gasteiger partial charge in [-0.2, -0.15) is 0 Å². The SMILES string of the molecule is CCCCCCCCCCCCCCCCCCCCCCOc1ccc(CNC(=O)COc2ccc(C(NC(=O)[C@H](CCCc3cc(C)cc(C)c3)NC(=O)[C@@H](N)Cc3ccc(-c4ccc(OCCCCN=[N+]=[N-])cc4CC)cc3)c3ccc(OC)cc3OC)cc2)c(OCCCCCCCCCCCCCCCCCCCCCC)c1. The molecule has 6 aromatic rings. The van der Waals surface area contributed by atoms with Gasteiger partial charge in [-0.05, 0) is 159 Å². The van der Waals surface area contributed by atoms with Crippen molar-refractivity contribution in [1.29, 1.82) is 0 Å². The first-order chi connectivity index (χ1) is 57.8. The normalized spacial score (nSPS) is 12.0. The zero-order chi connectivity index (χ0) is 84.1. The van der Waals surface area contributed by atoms with Crippen LogP contribution in [0.4, 0.5) is 0 Å². The smallest absolute Gasteiger partial charge is 0.258 e. The lowest BCUT2D eigenvalue weighted by Gasteiger charge is -2.26. The lowest BCUT2D eigenvalue weighted by molar-refractivity contribution is -0.130. The molecule has 652 valence electrons. The van der Waals surface area contributed by atoms with Crippen molar-refractivity contribution in [2.24, 2.45) is 10.8 Å². The monoisotopic (exact) mass is 1620 g/mol. The topological polar surface area (TPSA) is 217 Å². The molecule has 16 heteroatoms. The van der Waals surface area contributed by atoms with Crippen LogP contribution in [0.15, 0.2) is 126 Å². The Labute approximate surface area is 713 Å². The van der Waals surface area contributed by atoms with Crippen molar-refractivity contribution in [2.75, 3.05) is 47.2 Å². The summed E-state index contributed by atoms with van der Waals surface area (Å²) < 4.78 is 36.6. The fourth-order valence-electron chi connectivity index (χ4n) is 16.0. The van der Waals surface area contributed by atoms with E-state index in [-0.39, 0.29) is 25.5 Å². The second-order valence-corrected chi connectivity index (χ2v) is 33.2. The van der Waals surface area contributed by atoms with E-state index in [1.807, 2.05) is 72.8 Å². The minimum Gasteiger partial charge on any atom is -0.497 e. The number of hydrogen-bond donors (Lipinski definition) is 4. The molecule has 1 unspecified atom stereocenters. The van der Waals surface area contributed by atoms with Gasteiger partial charge in [0.15, 0.2) is 6.61 Å². The molecule has 0 saturated heterocycles. The Hall–Kier alpha value is -8.20. The molecule has 0 aliphatic heterocycles. The van der Waals surface area contributed by atoms with Crippen LogP contribution in [0.5, 0.6) is 34.5 Å². The predicted octanol–water partition coefficient (Wildman–Crippen LogP) is 26.4. The number of carbonyl (C=O) groups excluding carboxylic acids is 3. The summed E-state index contributed by atoms with van der Waals surface area (Å²) in [5.74, 6) is 2.70. The fraction of sp³-hybridized carbons (Fsp3) is 0.618. The number of nitrogens with one attached hydrogen (secondary N) is 3. The van der Waals surface area contributed by atoms with Crippen LogP contribution in [0.1, 0.15) is 354 Å². The highest BCUT2D eigenvalue weighted by Crippen LogP contribution is 2.36. The summed E-state index contributed by atoms with van der Waals surface area (Å²) in [4.78, 5) is 46.0. The Morgan fingerprint density at radius 2 is 0.898 bits per heavy atom. The molecule has 6 aromatic carbocycles. The maximum Gasteiger partial charge on any atom is 0.258 e. The molecule has 0 aromatic heterocycles. The van der Waals surface area contributed by atoms with Crippen molar-refractivity contribution >= 4 is 17.7 Å². The van der Waals surface area contributed by atoms with Crippen molar-refractivity contribution < 1.29 is 42.8 Å². The second kappa shape index (κ2) is 62.9. The molecule has 0 spiro atoms. The van der Waals surface area contributed by atoms with Crippen LogP contribution in [0.2, 0.25) is 0 Å². The molecule has 0 aliphatic rings. The molecule has 0 fully saturated rings. The predicted molar refractivity (Wildman–Crippen MR) is 489 cm³/mol. The van der Waals surface area contributed by atoms with E-state index in [1.165, 1.54) is 231 Å². The second-order valence-electron chi connectivity index (χ2n) is 33.2. The van der Waals surface area contributed by atoms with Crippen molar-refractivity contribution in [3.63, 3.8) is 0 Å². The number of nitrogens with zero attached hydrogens (tertiary/aromatic N) is 3. The number of azide groups is 1. The number of carbonyl (C=O) groups is 3. The zero-order valence-electron chi connectivity index (χ0n) is 74.3. The number of nitrogens with two attached hydrogens (primary N) is 1. The Balaban J connectivity index is 1.03. The first-order valence-electron chi connectivity index (χ1n) is 46.7. The Bertz CT molecular complexity index is 3690. The van der Waals surface area contributed by atoms with Crippen molar-refractivity contribution in [1.82, 2.24) is 16.0 Å². The van der Waals surface area contributed by atoms with Crippen molar-refractivity contribution in [3.05, 3.63) is 176 Å².